The highest BCUT2D eigenvalue weighted by Gasteiger charge is 2.14. The Hall–Kier alpha value is -1.33. The number of halogens is 1. The van der Waals surface area contributed by atoms with Crippen molar-refractivity contribution >= 4 is 11.3 Å². The van der Waals surface area contributed by atoms with E-state index in [2.05, 4.69) is 29.4 Å². The van der Waals surface area contributed by atoms with Gasteiger partial charge in [0.1, 0.15) is 15.8 Å². The predicted octanol–water partition coefficient (Wildman–Crippen LogP) is 3.72. The second-order valence-corrected chi connectivity index (χ2v) is 5.85. The lowest BCUT2D eigenvalue weighted by Gasteiger charge is -2.12. The topological polar surface area (TPSA) is 37.8 Å². The summed E-state index contributed by atoms with van der Waals surface area (Å²) in [6, 6.07) is 6.84. The highest BCUT2D eigenvalue weighted by atomic mass is 32.1. The molecule has 0 amide bonds. The molecule has 1 aromatic heterocycles. The molecule has 1 unspecified atom stereocenters. The van der Waals surface area contributed by atoms with Gasteiger partial charge in [-0.1, -0.05) is 37.3 Å². The standard InChI is InChI=1S/C15H20FN3S/c1-3-9-17-13(4-2)15-19-18-14(20-15)10-11-5-7-12(16)8-6-11/h5-8,13,17H,3-4,9-10H2,1-2H3. The molecule has 0 aliphatic heterocycles. The molecule has 0 saturated heterocycles. The lowest BCUT2D eigenvalue weighted by Crippen LogP contribution is -2.21. The molecule has 0 saturated carbocycles. The van der Waals surface area contributed by atoms with Crippen LogP contribution in [0.15, 0.2) is 24.3 Å². The fourth-order valence-corrected chi connectivity index (χ4v) is 3.02. The zero-order valence-corrected chi connectivity index (χ0v) is 12.7. The first-order valence-electron chi connectivity index (χ1n) is 7.03. The maximum atomic E-state index is 12.9. The molecule has 1 aromatic carbocycles. The van der Waals surface area contributed by atoms with Crippen molar-refractivity contribution in [3.63, 3.8) is 0 Å². The van der Waals surface area contributed by atoms with Gasteiger partial charge in [-0.05, 0) is 37.1 Å². The Balaban J connectivity index is 2.02. The van der Waals surface area contributed by atoms with Crippen LogP contribution in [0.2, 0.25) is 0 Å². The minimum atomic E-state index is -0.207. The summed E-state index contributed by atoms with van der Waals surface area (Å²) in [5, 5.41) is 14.0. The Labute approximate surface area is 123 Å². The smallest absolute Gasteiger partial charge is 0.134 e. The van der Waals surface area contributed by atoms with Gasteiger partial charge in [-0.2, -0.15) is 0 Å². The van der Waals surface area contributed by atoms with E-state index in [0.29, 0.717) is 6.42 Å². The van der Waals surface area contributed by atoms with Gasteiger partial charge >= 0.3 is 0 Å². The third-order valence-corrected chi connectivity index (χ3v) is 4.14. The van der Waals surface area contributed by atoms with Gasteiger partial charge in [0.15, 0.2) is 0 Å². The summed E-state index contributed by atoms with van der Waals surface area (Å²) in [6.45, 7) is 5.29. The van der Waals surface area contributed by atoms with E-state index in [4.69, 9.17) is 0 Å². The average Bonchev–Trinajstić information content (AvgIpc) is 2.91. The maximum absolute atomic E-state index is 12.9. The molecule has 0 radical (unpaired) electrons. The number of rotatable bonds is 7. The predicted molar refractivity (Wildman–Crippen MR) is 80.4 cm³/mol. The molecule has 2 rings (SSSR count). The SMILES string of the molecule is CCCNC(CC)c1nnc(Cc2ccc(F)cc2)s1. The van der Waals surface area contributed by atoms with E-state index in [1.54, 1.807) is 23.5 Å². The number of nitrogens with zero attached hydrogens (tertiary/aromatic N) is 2. The number of aromatic nitrogens is 2. The summed E-state index contributed by atoms with van der Waals surface area (Å²) < 4.78 is 12.9. The van der Waals surface area contributed by atoms with Crippen molar-refractivity contribution in [1.82, 2.24) is 15.5 Å². The molecule has 20 heavy (non-hydrogen) atoms. The quantitative estimate of drug-likeness (QED) is 0.845. The Morgan fingerprint density at radius 1 is 1.20 bits per heavy atom. The van der Waals surface area contributed by atoms with Crippen LogP contribution in [0.5, 0.6) is 0 Å². The van der Waals surface area contributed by atoms with Crippen molar-refractivity contribution in [3.8, 4) is 0 Å². The van der Waals surface area contributed by atoms with Gasteiger partial charge in [0, 0.05) is 6.42 Å². The van der Waals surface area contributed by atoms with E-state index in [9.17, 15) is 4.39 Å². The second-order valence-electron chi connectivity index (χ2n) is 4.75. The molecule has 0 bridgehead atoms. The minimum absolute atomic E-state index is 0.207. The number of hydrogen-bond acceptors (Lipinski definition) is 4. The molecule has 108 valence electrons. The number of hydrogen-bond donors (Lipinski definition) is 1. The van der Waals surface area contributed by atoms with Crippen LogP contribution in [0.1, 0.15) is 48.3 Å². The molecule has 0 fully saturated rings. The molecular weight excluding hydrogens is 273 g/mol. The van der Waals surface area contributed by atoms with Crippen molar-refractivity contribution in [1.29, 1.82) is 0 Å². The molecule has 5 heteroatoms. The van der Waals surface area contributed by atoms with Crippen LogP contribution in [-0.2, 0) is 6.42 Å². The van der Waals surface area contributed by atoms with Gasteiger partial charge in [0.05, 0.1) is 6.04 Å². The summed E-state index contributed by atoms with van der Waals surface area (Å²) in [6.07, 6.45) is 2.82. The summed E-state index contributed by atoms with van der Waals surface area (Å²) in [5.74, 6) is -0.207. The average molecular weight is 293 g/mol. The van der Waals surface area contributed by atoms with Gasteiger partial charge in [0.2, 0.25) is 0 Å². The molecule has 1 atom stereocenters. The molecule has 2 aromatic rings. The lowest BCUT2D eigenvalue weighted by atomic mass is 10.2. The number of benzene rings is 1. The maximum Gasteiger partial charge on any atom is 0.134 e. The van der Waals surface area contributed by atoms with Gasteiger partial charge in [-0.25, -0.2) is 4.39 Å². The summed E-state index contributed by atoms with van der Waals surface area (Å²) in [7, 11) is 0. The Kier molecular flexibility index (Phi) is 5.61. The molecular formula is C15H20FN3S. The third kappa shape index (κ3) is 4.08. The largest absolute Gasteiger partial charge is 0.308 e. The zero-order chi connectivity index (χ0) is 14.4. The normalized spacial score (nSPS) is 12.6. The summed E-state index contributed by atoms with van der Waals surface area (Å²) in [5.41, 5.74) is 1.06. The van der Waals surface area contributed by atoms with Crippen LogP contribution in [0, 0.1) is 5.82 Å². The zero-order valence-electron chi connectivity index (χ0n) is 11.9. The van der Waals surface area contributed by atoms with Gasteiger partial charge in [0.25, 0.3) is 0 Å². The third-order valence-electron chi connectivity index (χ3n) is 3.10. The van der Waals surface area contributed by atoms with E-state index in [1.807, 2.05) is 0 Å². The van der Waals surface area contributed by atoms with Gasteiger partial charge in [-0.15, -0.1) is 10.2 Å². The molecule has 0 aliphatic rings. The highest BCUT2D eigenvalue weighted by molar-refractivity contribution is 7.11. The van der Waals surface area contributed by atoms with E-state index in [1.165, 1.54) is 12.1 Å². The van der Waals surface area contributed by atoms with Gasteiger partial charge < -0.3 is 5.32 Å². The lowest BCUT2D eigenvalue weighted by molar-refractivity contribution is 0.513. The second kappa shape index (κ2) is 7.45. The van der Waals surface area contributed by atoms with E-state index < -0.39 is 0 Å². The van der Waals surface area contributed by atoms with Crippen molar-refractivity contribution in [2.75, 3.05) is 6.54 Å². The fourth-order valence-electron chi connectivity index (χ4n) is 1.98. The molecule has 0 aliphatic carbocycles. The Morgan fingerprint density at radius 3 is 2.60 bits per heavy atom. The minimum Gasteiger partial charge on any atom is -0.308 e. The molecule has 1 N–H and O–H groups in total. The van der Waals surface area contributed by atoms with Gasteiger partial charge in [-0.3, -0.25) is 0 Å². The van der Waals surface area contributed by atoms with E-state index >= 15 is 0 Å². The number of nitrogens with one attached hydrogen (secondary N) is 1. The van der Waals surface area contributed by atoms with Crippen LogP contribution >= 0.6 is 11.3 Å². The van der Waals surface area contributed by atoms with Crippen molar-refractivity contribution in [3.05, 3.63) is 45.7 Å². The fraction of sp³-hybridized carbons (Fsp3) is 0.467. The van der Waals surface area contributed by atoms with Crippen LogP contribution in [0.25, 0.3) is 0 Å². The van der Waals surface area contributed by atoms with Crippen LogP contribution in [-0.4, -0.2) is 16.7 Å². The highest BCUT2D eigenvalue weighted by Crippen LogP contribution is 2.22. The van der Waals surface area contributed by atoms with Crippen molar-refractivity contribution in [2.24, 2.45) is 0 Å². The van der Waals surface area contributed by atoms with E-state index in [-0.39, 0.29) is 11.9 Å². The Bertz CT molecular complexity index is 524. The first-order chi connectivity index (χ1) is 9.72. The summed E-state index contributed by atoms with van der Waals surface area (Å²) in [4.78, 5) is 0. The molecule has 3 nitrogen and oxygen atoms in total. The first-order valence-corrected chi connectivity index (χ1v) is 7.84. The molecule has 0 spiro atoms. The van der Waals surface area contributed by atoms with Crippen molar-refractivity contribution in [2.45, 2.75) is 39.2 Å². The van der Waals surface area contributed by atoms with E-state index in [0.717, 1.165) is 35.0 Å². The molecule has 1 heterocycles. The van der Waals surface area contributed by atoms with Crippen LogP contribution < -0.4 is 5.32 Å². The monoisotopic (exact) mass is 293 g/mol. The van der Waals surface area contributed by atoms with Crippen molar-refractivity contribution < 1.29 is 4.39 Å². The first kappa shape index (κ1) is 15.1. The Morgan fingerprint density at radius 2 is 1.95 bits per heavy atom. The summed E-state index contributed by atoms with van der Waals surface area (Å²) >= 11 is 1.64. The van der Waals surface area contributed by atoms with Crippen LogP contribution in [0.4, 0.5) is 4.39 Å². The van der Waals surface area contributed by atoms with Crippen LogP contribution in [0.3, 0.4) is 0 Å².